The maximum Gasteiger partial charge on any atom is 0.227 e. The fourth-order valence-corrected chi connectivity index (χ4v) is 2.19. The number of aliphatic hydroxyl groups is 1. The highest BCUT2D eigenvalue weighted by Gasteiger charge is 2.16. The molecule has 2 aromatic heterocycles. The molecule has 0 bridgehead atoms. The van der Waals surface area contributed by atoms with E-state index in [1.54, 1.807) is 6.33 Å². The molecule has 0 amide bonds. The third-order valence-electron chi connectivity index (χ3n) is 3.57. The number of aliphatic hydroxyl groups excluding tert-OH is 1. The molecular formula is C15H26N6O. The van der Waals surface area contributed by atoms with Gasteiger partial charge in [-0.1, -0.05) is 13.8 Å². The molecule has 0 unspecified atom stereocenters. The van der Waals surface area contributed by atoms with Crippen LogP contribution in [0.2, 0.25) is 0 Å². The van der Waals surface area contributed by atoms with Crippen LogP contribution in [0.1, 0.15) is 46.6 Å². The molecule has 0 fully saturated rings. The van der Waals surface area contributed by atoms with E-state index in [9.17, 15) is 5.11 Å². The summed E-state index contributed by atoms with van der Waals surface area (Å²) in [6.07, 6.45) is 3.61. The first kappa shape index (κ1) is 16.5. The van der Waals surface area contributed by atoms with E-state index in [2.05, 4.69) is 46.4 Å². The second-order valence-electron chi connectivity index (χ2n) is 5.67. The summed E-state index contributed by atoms with van der Waals surface area (Å²) in [6.45, 7) is 9.20. The van der Waals surface area contributed by atoms with Crippen molar-refractivity contribution in [3.05, 3.63) is 6.33 Å². The first-order chi connectivity index (χ1) is 10.6. The van der Waals surface area contributed by atoms with Gasteiger partial charge in [0.1, 0.15) is 0 Å². The van der Waals surface area contributed by atoms with Crippen molar-refractivity contribution in [2.24, 2.45) is 0 Å². The summed E-state index contributed by atoms with van der Waals surface area (Å²) in [4.78, 5) is 13.6. The molecule has 0 spiro atoms. The van der Waals surface area contributed by atoms with Crippen LogP contribution >= 0.6 is 0 Å². The summed E-state index contributed by atoms with van der Waals surface area (Å²) < 4.78 is 2.03. The normalized spacial score (nSPS) is 12.8. The van der Waals surface area contributed by atoms with Gasteiger partial charge in [0.2, 0.25) is 5.95 Å². The van der Waals surface area contributed by atoms with E-state index < -0.39 is 0 Å². The van der Waals surface area contributed by atoms with Gasteiger partial charge in [-0.15, -0.1) is 0 Å². The van der Waals surface area contributed by atoms with Gasteiger partial charge in [-0.3, -0.25) is 0 Å². The summed E-state index contributed by atoms with van der Waals surface area (Å²) >= 11 is 0. The lowest BCUT2D eigenvalue weighted by Gasteiger charge is -2.16. The van der Waals surface area contributed by atoms with Gasteiger partial charge in [-0.05, 0) is 26.7 Å². The molecule has 1 atom stereocenters. The number of rotatable bonds is 8. The van der Waals surface area contributed by atoms with Crippen LogP contribution in [-0.4, -0.2) is 43.8 Å². The molecule has 22 heavy (non-hydrogen) atoms. The minimum atomic E-state index is -0.0492. The molecule has 122 valence electrons. The highest BCUT2D eigenvalue weighted by molar-refractivity contribution is 5.84. The van der Waals surface area contributed by atoms with Crippen LogP contribution in [0.3, 0.4) is 0 Å². The Hall–Kier alpha value is -1.89. The average Bonchev–Trinajstić information content (AvgIpc) is 2.94. The first-order valence-electron chi connectivity index (χ1n) is 7.96. The molecule has 0 saturated carbocycles. The Balaban J connectivity index is 2.45. The number of hydrogen-bond acceptors (Lipinski definition) is 6. The molecule has 0 aliphatic rings. The van der Waals surface area contributed by atoms with Crippen LogP contribution in [0.15, 0.2) is 6.33 Å². The van der Waals surface area contributed by atoms with Crippen molar-refractivity contribution in [2.75, 3.05) is 23.8 Å². The molecule has 2 heterocycles. The van der Waals surface area contributed by atoms with Crippen LogP contribution in [0, 0.1) is 0 Å². The van der Waals surface area contributed by atoms with Gasteiger partial charge in [0.05, 0.1) is 19.0 Å². The monoisotopic (exact) mass is 306 g/mol. The highest BCUT2D eigenvalue weighted by Crippen LogP contribution is 2.23. The molecule has 0 aliphatic carbocycles. The van der Waals surface area contributed by atoms with Crippen LogP contribution in [-0.2, 0) is 0 Å². The van der Waals surface area contributed by atoms with Crippen LogP contribution in [0.5, 0.6) is 0 Å². The van der Waals surface area contributed by atoms with Crippen molar-refractivity contribution in [2.45, 2.75) is 52.6 Å². The molecule has 0 saturated heterocycles. The van der Waals surface area contributed by atoms with Crippen LogP contribution in [0.25, 0.3) is 11.2 Å². The van der Waals surface area contributed by atoms with E-state index in [0.717, 1.165) is 36.4 Å². The number of anilines is 2. The Bertz CT molecular complexity index is 605. The minimum absolute atomic E-state index is 0.0492. The Morgan fingerprint density at radius 1 is 1.27 bits per heavy atom. The molecule has 2 aromatic rings. The van der Waals surface area contributed by atoms with E-state index in [4.69, 9.17) is 0 Å². The summed E-state index contributed by atoms with van der Waals surface area (Å²) in [6, 6.07) is 0.221. The largest absolute Gasteiger partial charge is 0.394 e. The maximum atomic E-state index is 9.36. The Morgan fingerprint density at radius 2 is 2.05 bits per heavy atom. The fourth-order valence-electron chi connectivity index (χ4n) is 2.19. The lowest BCUT2D eigenvalue weighted by atomic mass is 10.2. The van der Waals surface area contributed by atoms with Crippen molar-refractivity contribution in [3.63, 3.8) is 0 Å². The second kappa shape index (κ2) is 7.40. The van der Waals surface area contributed by atoms with E-state index in [1.165, 1.54) is 0 Å². The third kappa shape index (κ3) is 3.47. The number of nitrogens with zero attached hydrogens (tertiary/aromatic N) is 4. The summed E-state index contributed by atoms with van der Waals surface area (Å²) in [5.41, 5.74) is 1.59. The first-order valence-corrected chi connectivity index (χ1v) is 7.96. The van der Waals surface area contributed by atoms with Crippen molar-refractivity contribution in [1.82, 2.24) is 19.5 Å². The van der Waals surface area contributed by atoms with Crippen molar-refractivity contribution in [3.8, 4) is 0 Å². The zero-order chi connectivity index (χ0) is 16.1. The smallest absolute Gasteiger partial charge is 0.227 e. The molecule has 3 N–H and O–H groups in total. The number of nitrogens with one attached hydrogen (secondary N) is 2. The third-order valence-corrected chi connectivity index (χ3v) is 3.57. The topological polar surface area (TPSA) is 87.9 Å². The quantitative estimate of drug-likeness (QED) is 0.694. The van der Waals surface area contributed by atoms with E-state index >= 15 is 0 Å². The lowest BCUT2D eigenvalue weighted by molar-refractivity contribution is 0.271. The van der Waals surface area contributed by atoms with Gasteiger partial charge in [0.25, 0.3) is 0 Å². The Morgan fingerprint density at radius 3 is 2.64 bits per heavy atom. The molecule has 0 radical (unpaired) electrons. The molecule has 2 rings (SSSR count). The Labute approximate surface area is 131 Å². The lowest BCUT2D eigenvalue weighted by Crippen LogP contribution is -2.24. The highest BCUT2D eigenvalue weighted by atomic mass is 16.3. The second-order valence-corrected chi connectivity index (χ2v) is 5.67. The maximum absolute atomic E-state index is 9.36. The van der Waals surface area contributed by atoms with Gasteiger partial charge >= 0.3 is 0 Å². The molecular weight excluding hydrogens is 280 g/mol. The number of aromatic nitrogens is 4. The van der Waals surface area contributed by atoms with Crippen molar-refractivity contribution in [1.29, 1.82) is 0 Å². The van der Waals surface area contributed by atoms with Gasteiger partial charge in [-0.25, -0.2) is 4.98 Å². The predicted molar refractivity (Wildman–Crippen MR) is 89.3 cm³/mol. The molecule has 7 heteroatoms. The van der Waals surface area contributed by atoms with E-state index in [1.807, 2.05) is 11.5 Å². The van der Waals surface area contributed by atoms with Gasteiger partial charge in [0.15, 0.2) is 17.0 Å². The van der Waals surface area contributed by atoms with Crippen LogP contribution < -0.4 is 10.6 Å². The van der Waals surface area contributed by atoms with Crippen molar-refractivity contribution < 1.29 is 5.11 Å². The Kier molecular flexibility index (Phi) is 5.54. The van der Waals surface area contributed by atoms with E-state index in [-0.39, 0.29) is 18.7 Å². The summed E-state index contributed by atoms with van der Waals surface area (Å²) in [7, 11) is 0. The average molecular weight is 306 g/mol. The summed E-state index contributed by atoms with van der Waals surface area (Å²) in [5, 5.41) is 15.9. The van der Waals surface area contributed by atoms with Gasteiger partial charge in [0, 0.05) is 12.6 Å². The molecule has 7 nitrogen and oxygen atoms in total. The SMILES string of the molecule is CCCNc1nc(N[C@H](CC)CO)nc2c1ncn2C(C)C. The predicted octanol–water partition coefficient (Wildman–Crippen LogP) is 2.41. The summed E-state index contributed by atoms with van der Waals surface area (Å²) in [5.74, 6) is 1.26. The standard InChI is InChI=1S/C15H26N6O/c1-5-7-16-13-12-14(21(9-17-12)10(3)4)20-15(19-13)18-11(6-2)8-22/h9-11,22H,5-8H2,1-4H3,(H2,16,18,19,20)/t11-/m1/s1. The zero-order valence-electron chi connectivity index (χ0n) is 13.8. The fraction of sp³-hybridized carbons (Fsp3) is 0.667. The van der Waals surface area contributed by atoms with E-state index in [0.29, 0.717) is 5.95 Å². The van der Waals surface area contributed by atoms with Crippen LogP contribution in [0.4, 0.5) is 11.8 Å². The molecule has 0 aromatic carbocycles. The van der Waals surface area contributed by atoms with Crippen molar-refractivity contribution >= 4 is 22.9 Å². The minimum Gasteiger partial charge on any atom is -0.394 e. The zero-order valence-corrected chi connectivity index (χ0v) is 13.8. The number of imidazole rings is 1. The number of hydrogen-bond donors (Lipinski definition) is 3. The molecule has 0 aliphatic heterocycles. The van der Waals surface area contributed by atoms with Gasteiger partial charge in [-0.2, -0.15) is 9.97 Å². The number of fused-ring (bicyclic) bond motifs is 1. The van der Waals surface area contributed by atoms with Gasteiger partial charge < -0.3 is 20.3 Å².